The van der Waals surface area contributed by atoms with Gasteiger partial charge in [0, 0.05) is 38.8 Å². The normalized spacial score (nSPS) is 14.8. The number of aryl methyl sites for hydroxylation is 2. The molecule has 0 saturated carbocycles. The van der Waals surface area contributed by atoms with Crippen LogP contribution in [-0.2, 0) is 25.3 Å². The summed E-state index contributed by atoms with van der Waals surface area (Å²) in [4.78, 5) is 17.5. The average molecular weight is 434 g/mol. The van der Waals surface area contributed by atoms with Crippen molar-refractivity contribution in [2.75, 3.05) is 13.2 Å². The number of rotatable bonds is 5. The molecule has 0 spiro atoms. The third-order valence-electron chi connectivity index (χ3n) is 6.25. The van der Waals surface area contributed by atoms with Gasteiger partial charge in [0.25, 0.3) is 5.56 Å². The first-order chi connectivity index (χ1) is 15.6. The molecule has 4 aromatic rings. The van der Waals surface area contributed by atoms with Crippen LogP contribution in [0.3, 0.4) is 0 Å². The Kier molecular flexibility index (Phi) is 5.30. The second-order valence-corrected chi connectivity index (χ2v) is 8.21. The van der Waals surface area contributed by atoms with E-state index < -0.39 is 0 Å². The lowest BCUT2D eigenvalue weighted by Crippen LogP contribution is -2.22. The molecule has 5 rings (SSSR count). The van der Waals surface area contributed by atoms with Crippen molar-refractivity contribution in [3.8, 4) is 22.9 Å². The van der Waals surface area contributed by atoms with Crippen molar-refractivity contribution in [1.29, 1.82) is 0 Å². The van der Waals surface area contributed by atoms with Gasteiger partial charge in [-0.1, -0.05) is 6.92 Å². The molecular weight excluding hydrogens is 406 g/mol. The zero-order valence-corrected chi connectivity index (χ0v) is 18.6. The van der Waals surface area contributed by atoms with E-state index in [4.69, 9.17) is 9.47 Å². The van der Waals surface area contributed by atoms with Crippen LogP contribution < -0.4 is 10.3 Å². The second-order valence-electron chi connectivity index (χ2n) is 8.21. The molecule has 1 fully saturated rings. The highest BCUT2D eigenvalue weighted by Crippen LogP contribution is 2.29. The molecule has 0 bridgehead atoms. The fourth-order valence-corrected chi connectivity index (χ4v) is 4.41. The molecule has 1 aliphatic heterocycles. The summed E-state index contributed by atoms with van der Waals surface area (Å²) in [5.74, 6) is 2.30. The van der Waals surface area contributed by atoms with Crippen LogP contribution in [0, 0.1) is 0 Å². The fourth-order valence-electron chi connectivity index (χ4n) is 4.41. The van der Waals surface area contributed by atoms with Gasteiger partial charge in [0.15, 0.2) is 0 Å². The van der Waals surface area contributed by atoms with E-state index in [-0.39, 0.29) is 11.5 Å². The van der Waals surface area contributed by atoms with Crippen LogP contribution in [0.2, 0.25) is 0 Å². The van der Waals surface area contributed by atoms with E-state index in [1.165, 1.54) is 10.1 Å². The number of nitrogens with zero attached hydrogens (tertiary/aromatic N) is 5. The molecule has 4 heterocycles. The van der Waals surface area contributed by atoms with E-state index in [1.54, 1.807) is 13.2 Å². The third kappa shape index (κ3) is 3.50. The molecule has 0 unspecified atom stereocenters. The molecule has 1 aliphatic rings. The highest BCUT2D eigenvalue weighted by Gasteiger charge is 2.22. The van der Waals surface area contributed by atoms with E-state index in [2.05, 4.69) is 17.0 Å². The predicted octanol–water partition coefficient (Wildman–Crippen LogP) is 3.68. The minimum absolute atomic E-state index is 0.132. The maximum atomic E-state index is 12.9. The average Bonchev–Trinajstić information content (AvgIpc) is 3.41. The standard InChI is InChI=1S/C24H27N5O3/c1-4-16-13-26-28(3)22(16)17-5-7-19(8-6-17)32-21-15-29-20(24(30)27(21)2)14-25-23(29)18-9-11-31-12-10-18/h5-8,13-15,18H,4,9-12H2,1-3H3. The number of hydrogen-bond acceptors (Lipinski definition) is 5. The SMILES string of the molecule is CCc1cnn(C)c1-c1ccc(Oc2cn3c(C4CCOCC4)ncc3c(=O)n2C)cc1. The van der Waals surface area contributed by atoms with Gasteiger partial charge in [-0.3, -0.25) is 18.4 Å². The molecular formula is C24H27N5O3. The van der Waals surface area contributed by atoms with Crippen molar-refractivity contribution in [2.24, 2.45) is 14.1 Å². The highest BCUT2D eigenvalue weighted by atomic mass is 16.5. The molecule has 8 heteroatoms. The molecule has 0 N–H and O–H groups in total. The van der Waals surface area contributed by atoms with Gasteiger partial charge in [0.1, 0.15) is 17.1 Å². The van der Waals surface area contributed by atoms with Gasteiger partial charge in [0.05, 0.1) is 24.3 Å². The minimum Gasteiger partial charge on any atom is -0.439 e. The number of fused-ring (bicyclic) bond motifs is 1. The molecule has 1 aromatic carbocycles. The number of ether oxygens (including phenoxy) is 2. The number of hydrogen-bond donors (Lipinski definition) is 0. The van der Waals surface area contributed by atoms with Gasteiger partial charge in [-0.15, -0.1) is 0 Å². The second kappa shape index (κ2) is 8.27. The molecule has 32 heavy (non-hydrogen) atoms. The van der Waals surface area contributed by atoms with E-state index in [1.807, 2.05) is 52.8 Å². The van der Waals surface area contributed by atoms with Crippen LogP contribution in [0.1, 0.15) is 37.1 Å². The summed E-state index contributed by atoms with van der Waals surface area (Å²) in [5.41, 5.74) is 3.81. The van der Waals surface area contributed by atoms with Crippen molar-refractivity contribution < 1.29 is 9.47 Å². The van der Waals surface area contributed by atoms with E-state index >= 15 is 0 Å². The summed E-state index contributed by atoms with van der Waals surface area (Å²) >= 11 is 0. The van der Waals surface area contributed by atoms with Gasteiger partial charge in [-0.2, -0.15) is 5.10 Å². The maximum absolute atomic E-state index is 12.9. The Morgan fingerprint density at radius 2 is 1.88 bits per heavy atom. The summed E-state index contributed by atoms with van der Waals surface area (Å²) in [6.07, 6.45) is 8.15. The first kappa shape index (κ1) is 20.5. The van der Waals surface area contributed by atoms with E-state index in [0.717, 1.165) is 49.6 Å². The molecule has 0 atom stereocenters. The molecule has 8 nitrogen and oxygen atoms in total. The monoisotopic (exact) mass is 433 g/mol. The summed E-state index contributed by atoms with van der Waals surface area (Å²) < 4.78 is 16.9. The number of aromatic nitrogens is 5. The predicted molar refractivity (Wildman–Crippen MR) is 121 cm³/mol. The lowest BCUT2D eigenvalue weighted by atomic mass is 10.00. The smallest absolute Gasteiger partial charge is 0.279 e. The molecule has 0 radical (unpaired) electrons. The summed E-state index contributed by atoms with van der Waals surface area (Å²) in [7, 11) is 3.67. The summed E-state index contributed by atoms with van der Waals surface area (Å²) in [5, 5.41) is 4.38. The molecule has 0 amide bonds. The van der Waals surface area contributed by atoms with Crippen molar-refractivity contribution in [1.82, 2.24) is 23.7 Å². The Morgan fingerprint density at radius 1 is 1.12 bits per heavy atom. The third-order valence-corrected chi connectivity index (χ3v) is 6.25. The van der Waals surface area contributed by atoms with Crippen LogP contribution in [0.5, 0.6) is 11.6 Å². The summed E-state index contributed by atoms with van der Waals surface area (Å²) in [6.45, 7) is 3.56. The van der Waals surface area contributed by atoms with Crippen LogP contribution in [0.25, 0.3) is 16.8 Å². The molecule has 3 aromatic heterocycles. The number of imidazole rings is 1. The lowest BCUT2D eigenvalue weighted by Gasteiger charge is -2.21. The first-order valence-corrected chi connectivity index (χ1v) is 11.0. The Balaban J connectivity index is 1.48. The quantitative estimate of drug-likeness (QED) is 0.480. The van der Waals surface area contributed by atoms with Crippen LogP contribution in [0.4, 0.5) is 0 Å². The van der Waals surface area contributed by atoms with Gasteiger partial charge in [0.2, 0.25) is 5.88 Å². The highest BCUT2D eigenvalue weighted by molar-refractivity contribution is 5.64. The zero-order valence-electron chi connectivity index (χ0n) is 18.6. The fraction of sp³-hybridized carbons (Fsp3) is 0.375. The van der Waals surface area contributed by atoms with Crippen LogP contribution in [-0.4, -0.2) is 36.9 Å². The number of benzene rings is 1. The molecule has 1 saturated heterocycles. The minimum atomic E-state index is -0.132. The van der Waals surface area contributed by atoms with E-state index in [0.29, 0.717) is 17.1 Å². The lowest BCUT2D eigenvalue weighted by molar-refractivity contribution is 0.0834. The van der Waals surface area contributed by atoms with Crippen LogP contribution in [0.15, 0.2) is 47.7 Å². The van der Waals surface area contributed by atoms with Gasteiger partial charge in [-0.25, -0.2) is 4.98 Å². The molecule has 0 aliphatic carbocycles. The summed E-state index contributed by atoms with van der Waals surface area (Å²) in [6, 6.07) is 7.88. The Hall–Kier alpha value is -3.39. The Bertz CT molecular complexity index is 1310. The van der Waals surface area contributed by atoms with Gasteiger partial charge < -0.3 is 9.47 Å². The van der Waals surface area contributed by atoms with Crippen molar-refractivity contribution in [2.45, 2.75) is 32.1 Å². The van der Waals surface area contributed by atoms with Crippen molar-refractivity contribution in [3.63, 3.8) is 0 Å². The molecule has 166 valence electrons. The Morgan fingerprint density at radius 3 is 2.59 bits per heavy atom. The van der Waals surface area contributed by atoms with Crippen molar-refractivity contribution >= 4 is 5.52 Å². The van der Waals surface area contributed by atoms with Gasteiger partial charge >= 0.3 is 0 Å². The largest absolute Gasteiger partial charge is 0.439 e. The zero-order chi connectivity index (χ0) is 22.2. The van der Waals surface area contributed by atoms with Crippen molar-refractivity contribution in [3.05, 3.63) is 64.6 Å². The van der Waals surface area contributed by atoms with Gasteiger partial charge in [-0.05, 0) is 49.1 Å². The Labute approximate surface area is 186 Å². The maximum Gasteiger partial charge on any atom is 0.279 e. The first-order valence-electron chi connectivity index (χ1n) is 11.0. The van der Waals surface area contributed by atoms with E-state index in [9.17, 15) is 4.79 Å². The topological polar surface area (TPSA) is 75.6 Å². The van der Waals surface area contributed by atoms with Crippen LogP contribution >= 0.6 is 0 Å².